The molecule has 1 atom stereocenters. The van der Waals surface area contributed by atoms with Gasteiger partial charge in [0.25, 0.3) is 0 Å². The Morgan fingerprint density at radius 3 is 2.73 bits per heavy atom. The first-order valence-electron chi connectivity index (χ1n) is 7.93. The standard InChI is InChI=1S/C18H21ClN2O4S/c1-11-16(13-7-6-12(19)10-14(13)17(22)24-5)15(25-21-11)8-9-20-26(23)18(2,3)4/h6-7,9-10H,8H2,1-5H3/t26-/m0/s1. The molecule has 6 nitrogen and oxygen atoms in total. The number of halogens is 1. The van der Waals surface area contributed by atoms with Gasteiger partial charge in [-0.15, -0.1) is 0 Å². The Bertz CT molecular complexity index is 869. The highest BCUT2D eigenvalue weighted by Gasteiger charge is 2.22. The van der Waals surface area contributed by atoms with Gasteiger partial charge in [-0.2, -0.15) is 4.40 Å². The summed E-state index contributed by atoms with van der Waals surface area (Å²) >= 11 is 6.02. The molecule has 0 fully saturated rings. The zero-order chi connectivity index (χ0) is 19.5. The van der Waals surface area contributed by atoms with Crippen LogP contribution in [-0.4, -0.2) is 33.4 Å². The van der Waals surface area contributed by atoms with Gasteiger partial charge < -0.3 is 9.26 Å². The van der Waals surface area contributed by atoms with Gasteiger partial charge in [-0.05, 0) is 39.8 Å². The topological polar surface area (TPSA) is 81.8 Å². The first-order valence-corrected chi connectivity index (χ1v) is 9.41. The van der Waals surface area contributed by atoms with Gasteiger partial charge in [-0.1, -0.05) is 22.8 Å². The molecule has 1 aromatic carbocycles. The highest BCUT2D eigenvalue weighted by atomic mass is 35.5. The van der Waals surface area contributed by atoms with Crippen molar-refractivity contribution in [3.8, 4) is 11.1 Å². The third-order valence-corrected chi connectivity index (χ3v) is 5.18. The average molecular weight is 397 g/mol. The minimum absolute atomic E-state index is 0.293. The molecule has 26 heavy (non-hydrogen) atoms. The van der Waals surface area contributed by atoms with E-state index >= 15 is 0 Å². The van der Waals surface area contributed by atoms with E-state index in [4.69, 9.17) is 20.9 Å². The lowest BCUT2D eigenvalue weighted by atomic mass is 9.97. The molecule has 0 aliphatic heterocycles. The van der Waals surface area contributed by atoms with Crippen molar-refractivity contribution in [2.24, 2.45) is 4.40 Å². The van der Waals surface area contributed by atoms with Crippen LogP contribution in [0.5, 0.6) is 0 Å². The van der Waals surface area contributed by atoms with Gasteiger partial charge in [0.1, 0.15) is 16.7 Å². The molecule has 1 heterocycles. The zero-order valence-corrected chi connectivity index (χ0v) is 16.9. The summed E-state index contributed by atoms with van der Waals surface area (Å²) in [6.07, 6.45) is 1.83. The van der Waals surface area contributed by atoms with Crippen molar-refractivity contribution in [3.05, 3.63) is 40.2 Å². The number of aryl methyl sites for hydroxylation is 1. The summed E-state index contributed by atoms with van der Waals surface area (Å²) in [4.78, 5) is 12.1. The molecule has 2 aromatic rings. The SMILES string of the molecule is COC(=O)c1cc(Cl)ccc1-c1c(C)noc1CC=N[S@@](=O)C(C)(C)C. The molecule has 0 aliphatic rings. The van der Waals surface area contributed by atoms with Crippen LogP contribution < -0.4 is 0 Å². The van der Waals surface area contributed by atoms with Gasteiger partial charge in [0.2, 0.25) is 0 Å². The number of aromatic nitrogens is 1. The molecular formula is C18H21ClN2O4S. The maximum absolute atomic E-state index is 12.1. The van der Waals surface area contributed by atoms with Crippen LogP contribution in [0.1, 0.15) is 42.6 Å². The van der Waals surface area contributed by atoms with Crippen molar-refractivity contribution in [2.75, 3.05) is 7.11 Å². The van der Waals surface area contributed by atoms with Crippen molar-refractivity contribution in [1.29, 1.82) is 0 Å². The third kappa shape index (κ3) is 4.59. The number of nitrogens with zero attached hydrogens (tertiary/aromatic N) is 2. The first-order chi connectivity index (χ1) is 12.1. The Morgan fingerprint density at radius 1 is 1.42 bits per heavy atom. The van der Waals surface area contributed by atoms with Crippen molar-refractivity contribution in [3.63, 3.8) is 0 Å². The molecular weight excluding hydrogens is 376 g/mol. The minimum atomic E-state index is -1.36. The van der Waals surface area contributed by atoms with E-state index in [0.717, 1.165) is 0 Å². The van der Waals surface area contributed by atoms with Gasteiger partial charge in [-0.3, -0.25) is 0 Å². The zero-order valence-electron chi connectivity index (χ0n) is 15.3. The normalized spacial score (nSPS) is 13.2. The lowest BCUT2D eigenvalue weighted by Gasteiger charge is -2.12. The number of hydrogen-bond acceptors (Lipinski definition) is 5. The summed E-state index contributed by atoms with van der Waals surface area (Å²) in [5.41, 5.74) is 2.23. The predicted molar refractivity (Wildman–Crippen MR) is 103 cm³/mol. The lowest BCUT2D eigenvalue weighted by Crippen LogP contribution is -2.19. The fraction of sp³-hybridized carbons (Fsp3) is 0.389. The second kappa shape index (κ2) is 8.14. The number of ether oxygens (including phenoxy) is 1. The predicted octanol–water partition coefficient (Wildman–Crippen LogP) is 4.17. The second-order valence-electron chi connectivity index (χ2n) is 6.60. The molecule has 1 aromatic heterocycles. The third-order valence-electron chi connectivity index (χ3n) is 3.56. The van der Waals surface area contributed by atoms with Crippen molar-refractivity contribution < 1.29 is 18.3 Å². The van der Waals surface area contributed by atoms with E-state index in [2.05, 4.69) is 9.55 Å². The Kier molecular flexibility index (Phi) is 6.36. The average Bonchev–Trinajstić information content (AvgIpc) is 2.93. The molecule has 0 bridgehead atoms. The number of carbonyl (C=O) groups is 1. The monoisotopic (exact) mass is 396 g/mol. The summed E-state index contributed by atoms with van der Waals surface area (Å²) in [6.45, 7) is 7.32. The summed E-state index contributed by atoms with van der Waals surface area (Å²) in [6, 6.07) is 4.95. The Morgan fingerprint density at radius 2 is 2.12 bits per heavy atom. The van der Waals surface area contributed by atoms with Crippen LogP contribution in [0.3, 0.4) is 0 Å². The Labute approximate surface area is 160 Å². The van der Waals surface area contributed by atoms with Crippen LogP contribution in [-0.2, 0) is 22.1 Å². The maximum atomic E-state index is 12.1. The van der Waals surface area contributed by atoms with Crippen LogP contribution in [0.25, 0.3) is 11.1 Å². The fourth-order valence-electron chi connectivity index (χ4n) is 2.26. The van der Waals surface area contributed by atoms with Crippen LogP contribution in [0.2, 0.25) is 5.02 Å². The quantitative estimate of drug-likeness (QED) is 0.559. The highest BCUT2D eigenvalue weighted by molar-refractivity contribution is 7.85. The minimum Gasteiger partial charge on any atom is -0.465 e. The number of hydrogen-bond donors (Lipinski definition) is 0. The van der Waals surface area contributed by atoms with E-state index in [1.165, 1.54) is 7.11 Å². The summed E-state index contributed by atoms with van der Waals surface area (Å²) in [5.74, 6) is 0.0150. The van der Waals surface area contributed by atoms with Crippen LogP contribution in [0.15, 0.2) is 27.1 Å². The number of rotatable bonds is 5. The summed E-state index contributed by atoms with van der Waals surface area (Å²) in [5, 5.41) is 4.41. The molecule has 8 heteroatoms. The molecule has 0 amide bonds. The van der Waals surface area contributed by atoms with Gasteiger partial charge in [0.15, 0.2) is 0 Å². The molecule has 0 radical (unpaired) electrons. The molecule has 0 saturated carbocycles. The fourth-order valence-corrected chi connectivity index (χ4v) is 2.96. The smallest absolute Gasteiger partial charge is 0.338 e. The number of esters is 1. The molecule has 0 saturated heterocycles. The maximum Gasteiger partial charge on any atom is 0.338 e. The molecule has 0 aliphatic carbocycles. The van der Waals surface area contributed by atoms with Crippen LogP contribution >= 0.6 is 11.6 Å². The lowest BCUT2D eigenvalue weighted by molar-refractivity contribution is 0.0601. The first kappa shape index (κ1) is 20.3. The van der Waals surface area contributed by atoms with E-state index in [1.807, 2.05) is 20.8 Å². The highest BCUT2D eigenvalue weighted by Crippen LogP contribution is 2.32. The largest absolute Gasteiger partial charge is 0.465 e. The van der Waals surface area contributed by atoms with Crippen LogP contribution in [0.4, 0.5) is 0 Å². The molecule has 0 unspecified atom stereocenters. The van der Waals surface area contributed by atoms with Gasteiger partial charge in [0, 0.05) is 28.8 Å². The summed E-state index contributed by atoms with van der Waals surface area (Å²) in [7, 11) is -0.0473. The van der Waals surface area contributed by atoms with Crippen molar-refractivity contribution in [1.82, 2.24) is 5.16 Å². The molecule has 0 spiro atoms. The van der Waals surface area contributed by atoms with Crippen molar-refractivity contribution in [2.45, 2.75) is 38.9 Å². The van der Waals surface area contributed by atoms with Crippen molar-refractivity contribution >= 4 is 34.8 Å². The van der Waals surface area contributed by atoms with Gasteiger partial charge in [-0.25, -0.2) is 9.00 Å². The summed E-state index contributed by atoms with van der Waals surface area (Å²) < 4.78 is 25.9. The van der Waals surface area contributed by atoms with Gasteiger partial charge in [0.05, 0.1) is 23.1 Å². The Hall–Kier alpha value is -1.99. The van der Waals surface area contributed by atoms with E-state index in [-0.39, 0.29) is 0 Å². The van der Waals surface area contributed by atoms with Gasteiger partial charge >= 0.3 is 5.97 Å². The molecule has 0 N–H and O–H groups in total. The molecule has 140 valence electrons. The van der Waals surface area contributed by atoms with Crippen LogP contribution in [0, 0.1) is 6.92 Å². The number of carbonyl (C=O) groups excluding carboxylic acids is 1. The molecule has 2 rings (SSSR count). The second-order valence-corrected chi connectivity index (χ2v) is 8.97. The Balaban J connectivity index is 2.42. The van der Waals surface area contributed by atoms with E-state index in [9.17, 15) is 9.00 Å². The van der Waals surface area contributed by atoms with E-state index in [1.54, 1.807) is 31.3 Å². The van der Waals surface area contributed by atoms with E-state index < -0.39 is 21.7 Å². The number of methoxy groups -OCH3 is 1. The number of benzene rings is 1. The van der Waals surface area contributed by atoms with E-state index in [0.29, 0.717) is 39.6 Å².